The molecule has 2 saturated heterocycles. The van der Waals surface area contributed by atoms with E-state index in [0.717, 1.165) is 55.0 Å². The number of amides is 3. The van der Waals surface area contributed by atoms with E-state index in [-0.39, 0.29) is 17.9 Å². The number of urea groups is 1. The fourth-order valence-electron chi connectivity index (χ4n) is 4.76. The van der Waals surface area contributed by atoms with Crippen LogP contribution in [0.1, 0.15) is 36.6 Å². The second kappa shape index (κ2) is 9.28. The Morgan fingerprint density at radius 2 is 1.66 bits per heavy atom. The maximum absolute atomic E-state index is 13.3. The van der Waals surface area contributed by atoms with Crippen molar-refractivity contribution < 1.29 is 9.59 Å². The van der Waals surface area contributed by atoms with E-state index in [2.05, 4.69) is 17.4 Å². The van der Waals surface area contributed by atoms with Crippen LogP contribution >= 0.6 is 11.3 Å². The summed E-state index contributed by atoms with van der Waals surface area (Å²) in [5, 5.41) is 4.09. The van der Waals surface area contributed by atoms with Gasteiger partial charge in [0.25, 0.3) is 0 Å². The van der Waals surface area contributed by atoms with Gasteiger partial charge in [-0.05, 0) is 49.9 Å². The number of anilines is 1. The third-order valence-electron chi connectivity index (χ3n) is 6.55. The summed E-state index contributed by atoms with van der Waals surface area (Å²) in [7, 11) is 0. The smallest absolute Gasteiger partial charge is 0.321 e. The first-order chi connectivity index (χ1) is 15.7. The number of carbonyl (C=O) groups excluding carboxylic acids is 2. The van der Waals surface area contributed by atoms with E-state index in [1.807, 2.05) is 52.3 Å². The molecule has 3 aromatic rings. The minimum Gasteiger partial charge on any atom is -0.342 e. The first-order valence-corrected chi connectivity index (χ1v) is 12.2. The third-order valence-corrected chi connectivity index (χ3v) is 7.75. The number of thiazole rings is 1. The molecule has 1 N–H and O–H groups in total. The van der Waals surface area contributed by atoms with Crippen molar-refractivity contribution in [2.45, 2.75) is 31.6 Å². The Morgan fingerprint density at radius 1 is 0.906 bits per heavy atom. The molecule has 3 heterocycles. The second-order valence-electron chi connectivity index (χ2n) is 8.70. The van der Waals surface area contributed by atoms with Crippen molar-refractivity contribution in [2.24, 2.45) is 5.92 Å². The number of aromatic nitrogens is 1. The molecule has 0 bridgehead atoms. The summed E-state index contributed by atoms with van der Waals surface area (Å²) in [6, 6.07) is 17.7. The third kappa shape index (κ3) is 4.48. The Kier molecular flexibility index (Phi) is 6.08. The van der Waals surface area contributed by atoms with Crippen LogP contribution in [0.2, 0.25) is 0 Å². The van der Waals surface area contributed by atoms with Gasteiger partial charge in [0.15, 0.2) is 0 Å². The molecule has 1 aromatic heterocycles. The van der Waals surface area contributed by atoms with Crippen LogP contribution in [0, 0.1) is 5.92 Å². The van der Waals surface area contributed by atoms with Crippen molar-refractivity contribution in [1.82, 2.24) is 14.8 Å². The number of nitrogens with zero attached hydrogens (tertiary/aromatic N) is 3. The number of para-hydroxylation sites is 2. The van der Waals surface area contributed by atoms with Gasteiger partial charge in [-0.1, -0.05) is 30.3 Å². The lowest BCUT2D eigenvalue weighted by Crippen LogP contribution is -2.47. The maximum Gasteiger partial charge on any atom is 0.321 e. The average Bonchev–Trinajstić information content (AvgIpc) is 3.29. The normalized spacial score (nSPS) is 19.8. The zero-order valence-corrected chi connectivity index (χ0v) is 18.9. The number of piperidine rings is 2. The lowest BCUT2D eigenvalue weighted by atomic mass is 9.92. The second-order valence-corrected chi connectivity index (χ2v) is 9.76. The van der Waals surface area contributed by atoms with Gasteiger partial charge >= 0.3 is 6.03 Å². The molecule has 0 aliphatic carbocycles. The number of fused-ring (bicyclic) bond motifs is 1. The molecule has 2 aliphatic heterocycles. The number of carbonyl (C=O) groups is 2. The largest absolute Gasteiger partial charge is 0.342 e. The van der Waals surface area contributed by atoms with Crippen LogP contribution in [-0.2, 0) is 4.79 Å². The van der Waals surface area contributed by atoms with Gasteiger partial charge in [0, 0.05) is 43.7 Å². The highest BCUT2D eigenvalue weighted by Gasteiger charge is 2.33. The highest BCUT2D eigenvalue weighted by Crippen LogP contribution is 2.34. The summed E-state index contributed by atoms with van der Waals surface area (Å²) in [5.74, 6) is 0.575. The Balaban J connectivity index is 1.16. The Morgan fingerprint density at radius 3 is 2.44 bits per heavy atom. The molecular weight excluding hydrogens is 420 g/mol. The topological polar surface area (TPSA) is 65.5 Å². The zero-order chi connectivity index (χ0) is 21.9. The molecule has 0 radical (unpaired) electrons. The standard InChI is InChI=1S/C25H28N4O2S/c30-24(18-12-15-28(16-13-18)25(31)26-20-8-2-1-3-9-20)29-14-6-7-19(17-29)23-27-21-10-4-5-11-22(21)32-23/h1-5,8-11,18-19H,6-7,12-17H2,(H,26,31)/t19-/m0/s1. The minimum absolute atomic E-state index is 0.00453. The molecule has 0 spiro atoms. The number of hydrogen-bond donors (Lipinski definition) is 1. The predicted molar refractivity (Wildman–Crippen MR) is 128 cm³/mol. The van der Waals surface area contributed by atoms with E-state index in [9.17, 15) is 9.59 Å². The van der Waals surface area contributed by atoms with Crippen molar-refractivity contribution in [3.05, 3.63) is 59.6 Å². The molecule has 6 nitrogen and oxygen atoms in total. The van der Waals surface area contributed by atoms with Crippen molar-refractivity contribution in [1.29, 1.82) is 0 Å². The predicted octanol–water partition coefficient (Wildman–Crippen LogP) is 4.95. The summed E-state index contributed by atoms with van der Waals surface area (Å²) in [6.07, 6.45) is 3.55. The monoisotopic (exact) mass is 448 g/mol. The van der Waals surface area contributed by atoms with Crippen LogP contribution < -0.4 is 5.32 Å². The van der Waals surface area contributed by atoms with Gasteiger partial charge in [-0.2, -0.15) is 0 Å². The Labute approximate surface area is 192 Å². The number of benzene rings is 2. The van der Waals surface area contributed by atoms with Gasteiger partial charge in [0.05, 0.1) is 15.2 Å². The lowest BCUT2D eigenvalue weighted by molar-refractivity contribution is -0.138. The molecule has 7 heteroatoms. The molecule has 2 fully saturated rings. The number of hydrogen-bond acceptors (Lipinski definition) is 4. The van der Waals surface area contributed by atoms with E-state index < -0.39 is 0 Å². The molecule has 166 valence electrons. The van der Waals surface area contributed by atoms with Crippen LogP contribution in [0.3, 0.4) is 0 Å². The van der Waals surface area contributed by atoms with E-state index in [1.54, 1.807) is 11.3 Å². The van der Waals surface area contributed by atoms with Crippen LogP contribution in [0.4, 0.5) is 10.5 Å². The quantitative estimate of drug-likeness (QED) is 0.617. The van der Waals surface area contributed by atoms with E-state index >= 15 is 0 Å². The van der Waals surface area contributed by atoms with Crippen molar-refractivity contribution >= 4 is 39.2 Å². The highest BCUT2D eigenvalue weighted by atomic mass is 32.1. The maximum atomic E-state index is 13.3. The minimum atomic E-state index is -0.0871. The average molecular weight is 449 g/mol. The lowest BCUT2D eigenvalue weighted by Gasteiger charge is -2.37. The van der Waals surface area contributed by atoms with Gasteiger partial charge < -0.3 is 15.1 Å². The molecule has 3 amide bonds. The van der Waals surface area contributed by atoms with E-state index in [0.29, 0.717) is 19.0 Å². The Bertz CT molecular complexity index is 1060. The number of nitrogens with one attached hydrogen (secondary N) is 1. The van der Waals surface area contributed by atoms with Gasteiger partial charge in [-0.25, -0.2) is 9.78 Å². The van der Waals surface area contributed by atoms with Gasteiger partial charge in [-0.3, -0.25) is 4.79 Å². The van der Waals surface area contributed by atoms with E-state index in [1.165, 1.54) is 4.70 Å². The zero-order valence-electron chi connectivity index (χ0n) is 18.1. The van der Waals surface area contributed by atoms with Crippen molar-refractivity contribution in [3.8, 4) is 0 Å². The fraction of sp³-hybridized carbons (Fsp3) is 0.400. The highest BCUT2D eigenvalue weighted by molar-refractivity contribution is 7.18. The molecule has 5 rings (SSSR count). The number of likely N-dealkylation sites (tertiary alicyclic amines) is 2. The van der Waals surface area contributed by atoms with Crippen molar-refractivity contribution in [2.75, 3.05) is 31.5 Å². The summed E-state index contributed by atoms with van der Waals surface area (Å²) in [4.78, 5) is 34.5. The molecule has 0 unspecified atom stereocenters. The van der Waals surface area contributed by atoms with Gasteiger partial charge in [0.2, 0.25) is 5.91 Å². The van der Waals surface area contributed by atoms with Crippen LogP contribution in [0.5, 0.6) is 0 Å². The SMILES string of the molecule is O=C(Nc1ccccc1)N1CCC(C(=O)N2CCC[C@H](c3nc4ccccc4s3)C2)CC1. The van der Waals surface area contributed by atoms with Gasteiger partial charge in [0.1, 0.15) is 0 Å². The Hall–Kier alpha value is -2.93. The molecule has 1 atom stereocenters. The summed E-state index contributed by atoms with van der Waals surface area (Å²) in [6.45, 7) is 2.82. The van der Waals surface area contributed by atoms with Crippen molar-refractivity contribution in [3.63, 3.8) is 0 Å². The van der Waals surface area contributed by atoms with Crippen LogP contribution in [-0.4, -0.2) is 52.9 Å². The fourth-order valence-corrected chi connectivity index (χ4v) is 5.85. The van der Waals surface area contributed by atoms with Gasteiger partial charge in [-0.15, -0.1) is 11.3 Å². The van der Waals surface area contributed by atoms with E-state index in [4.69, 9.17) is 4.98 Å². The molecule has 32 heavy (non-hydrogen) atoms. The first-order valence-electron chi connectivity index (χ1n) is 11.4. The number of rotatable bonds is 3. The van der Waals surface area contributed by atoms with Crippen LogP contribution in [0.15, 0.2) is 54.6 Å². The molecule has 0 saturated carbocycles. The molecule has 2 aromatic carbocycles. The molecule has 2 aliphatic rings. The first kappa shape index (κ1) is 20.9. The van der Waals surface area contributed by atoms with Crippen LogP contribution in [0.25, 0.3) is 10.2 Å². The summed E-state index contributed by atoms with van der Waals surface area (Å²) in [5.41, 5.74) is 1.85. The molecular formula is C25H28N4O2S. The summed E-state index contributed by atoms with van der Waals surface area (Å²) >= 11 is 1.76. The summed E-state index contributed by atoms with van der Waals surface area (Å²) < 4.78 is 1.21.